The summed E-state index contributed by atoms with van der Waals surface area (Å²) in [6, 6.07) is 2.45. The number of rotatable bonds is 3. The Balaban J connectivity index is 2.59. The van der Waals surface area contributed by atoms with Gasteiger partial charge in [0.05, 0.1) is 10.7 Å². The molecular formula is C13H12Cl2N2O2. The fourth-order valence-electron chi connectivity index (χ4n) is 2.14. The van der Waals surface area contributed by atoms with E-state index in [-0.39, 0.29) is 11.8 Å². The van der Waals surface area contributed by atoms with E-state index in [0.717, 1.165) is 0 Å². The lowest BCUT2D eigenvalue weighted by molar-refractivity contribution is -0.126. The first-order chi connectivity index (χ1) is 8.97. The molecule has 0 fully saturated rings. The minimum atomic E-state index is -0.793. The molecule has 2 amide bonds. The highest BCUT2D eigenvalue weighted by atomic mass is 35.5. The van der Waals surface area contributed by atoms with E-state index in [1.165, 1.54) is 11.8 Å². The molecule has 100 valence electrons. The van der Waals surface area contributed by atoms with E-state index in [0.29, 0.717) is 27.8 Å². The van der Waals surface area contributed by atoms with Crippen LogP contribution in [-0.2, 0) is 9.59 Å². The Morgan fingerprint density at radius 3 is 2.68 bits per heavy atom. The summed E-state index contributed by atoms with van der Waals surface area (Å²) in [6.45, 7) is 5.27. The maximum Gasteiger partial charge on any atom is 0.254 e. The number of amides is 2. The molecule has 1 N–H and O–H groups in total. The summed E-state index contributed by atoms with van der Waals surface area (Å²) in [4.78, 5) is 25.0. The summed E-state index contributed by atoms with van der Waals surface area (Å²) in [6.07, 6.45) is 1.59. The molecule has 1 atom stereocenters. The molecule has 4 nitrogen and oxygen atoms in total. The maximum atomic E-state index is 12.3. The van der Waals surface area contributed by atoms with E-state index in [1.54, 1.807) is 18.2 Å². The molecule has 0 aliphatic carbocycles. The normalized spacial score (nSPS) is 17.3. The van der Waals surface area contributed by atoms with Gasteiger partial charge in [-0.05, 0) is 12.1 Å². The van der Waals surface area contributed by atoms with Gasteiger partial charge in [0.1, 0.15) is 6.04 Å². The van der Waals surface area contributed by atoms with E-state index < -0.39 is 6.04 Å². The third kappa shape index (κ3) is 2.33. The van der Waals surface area contributed by atoms with Gasteiger partial charge in [0.2, 0.25) is 5.91 Å². The van der Waals surface area contributed by atoms with Gasteiger partial charge in [0, 0.05) is 24.1 Å². The molecule has 0 aromatic heterocycles. The Kier molecular flexibility index (Phi) is 3.83. The zero-order valence-corrected chi connectivity index (χ0v) is 11.8. The van der Waals surface area contributed by atoms with Crippen LogP contribution in [0.1, 0.15) is 18.5 Å². The monoisotopic (exact) mass is 298 g/mol. The number of hydrogen-bond acceptors (Lipinski definition) is 2. The van der Waals surface area contributed by atoms with E-state index in [1.807, 2.05) is 0 Å². The molecular weight excluding hydrogens is 287 g/mol. The number of benzene rings is 1. The van der Waals surface area contributed by atoms with Gasteiger partial charge in [-0.15, -0.1) is 6.58 Å². The molecule has 1 aliphatic heterocycles. The van der Waals surface area contributed by atoms with Crippen LogP contribution >= 0.6 is 23.2 Å². The molecule has 6 heteroatoms. The van der Waals surface area contributed by atoms with Crippen LogP contribution in [0.3, 0.4) is 0 Å². The predicted molar refractivity (Wildman–Crippen MR) is 75.6 cm³/mol. The van der Waals surface area contributed by atoms with Crippen LogP contribution in [0.2, 0.25) is 10.0 Å². The van der Waals surface area contributed by atoms with Crippen molar-refractivity contribution in [2.45, 2.75) is 13.0 Å². The molecule has 0 radical (unpaired) electrons. The van der Waals surface area contributed by atoms with Crippen molar-refractivity contribution in [2.75, 3.05) is 11.4 Å². The van der Waals surface area contributed by atoms with Crippen LogP contribution in [0.4, 0.5) is 5.69 Å². The standard InChI is InChI=1S/C13H12Cl2N2O2/c1-3-6-17-12-9(15)5-4-8(14)10(12)11(13(17)19)16-7(2)18/h3-5,11H,1,6H2,2H3,(H,16,18)/t11-/m1/s1. The van der Waals surface area contributed by atoms with Gasteiger partial charge in [0.25, 0.3) is 5.91 Å². The molecule has 19 heavy (non-hydrogen) atoms. The van der Waals surface area contributed by atoms with Crippen LogP contribution in [0.5, 0.6) is 0 Å². The second-order valence-corrected chi connectivity index (χ2v) is 4.98. The zero-order valence-electron chi connectivity index (χ0n) is 10.2. The summed E-state index contributed by atoms with van der Waals surface area (Å²) >= 11 is 12.3. The summed E-state index contributed by atoms with van der Waals surface area (Å²) < 4.78 is 0. The molecule has 0 spiro atoms. The number of anilines is 1. The molecule has 1 aliphatic rings. The average molecular weight is 299 g/mol. The van der Waals surface area contributed by atoms with Gasteiger partial charge in [-0.1, -0.05) is 29.3 Å². The van der Waals surface area contributed by atoms with Crippen LogP contribution < -0.4 is 10.2 Å². The molecule has 2 rings (SSSR count). The lowest BCUT2D eigenvalue weighted by Gasteiger charge is -2.16. The SMILES string of the molecule is C=CCN1C(=O)[C@H](NC(C)=O)c2c(Cl)ccc(Cl)c21. The Labute approximate surface area is 121 Å². The van der Waals surface area contributed by atoms with Gasteiger partial charge in [-0.3, -0.25) is 9.59 Å². The Hall–Kier alpha value is -1.52. The van der Waals surface area contributed by atoms with Crippen molar-refractivity contribution in [3.05, 3.63) is 40.4 Å². The van der Waals surface area contributed by atoms with Crippen molar-refractivity contribution in [1.82, 2.24) is 5.32 Å². The highest BCUT2D eigenvalue weighted by Crippen LogP contribution is 2.44. The highest BCUT2D eigenvalue weighted by Gasteiger charge is 2.40. The fourth-order valence-corrected chi connectivity index (χ4v) is 2.67. The molecule has 1 aromatic carbocycles. The Morgan fingerprint density at radius 2 is 2.11 bits per heavy atom. The second-order valence-electron chi connectivity index (χ2n) is 4.16. The Morgan fingerprint density at radius 1 is 1.47 bits per heavy atom. The first-order valence-corrected chi connectivity index (χ1v) is 6.40. The number of hydrogen-bond donors (Lipinski definition) is 1. The topological polar surface area (TPSA) is 49.4 Å². The smallest absolute Gasteiger partial charge is 0.254 e. The molecule has 0 saturated heterocycles. The largest absolute Gasteiger partial charge is 0.341 e. The minimum Gasteiger partial charge on any atom is -0.341 e. The van der Waals surface area contributed by atoms with Crippen molar-refractivity contribution < 1.29 is 9.59 Å². The van der Waals surface area contributed by atoms with Gasteiger partial charge >= 0.3 is 0 Å². The number of fused-ring (bicyclic) bond motifs is 1. The van der Waals surface area contributed by atoms with Crippen molar-refractivity contribution in [3.63, 3.8) is 0 Å². The first kappa shape index (κ1) is 13.9. The third-order valence-electron chi connectivity index (χ3n) is 2.85. The van der Waals surface area contributed by atoms with Crippen LogP contribution in [0, 0.1) is 0 Å². The first-order valence-electron chi connectivity index (χ1n) is 5.64. The lowest BCUT2D eigenvalue weighted by atomic mass is 10.1. The van der Waals surface area contributed by atoms with Gasteiger partial charge in [-0.2, -0.15) is 0 Å². The van der Waals surface area contributed by atoms with Crippen molar-refractivity contribution in [2.24, 2.45) is 0 Å². The number of carbonyl (C=O) groups is 2. The van der Waals surface area contributed by atoms with Crippen molar-refractivity contribution >= 4 is 40.7 Å². The lowest BCUT2D eigenvalue weighted by Crippen LogP contribution is -2.36. The Bertz CT molecular complexity index is 572. The molecule has 1 aromatic rings. The van der Waals surface area contributed by atoms with Crippen molar-refractivity contribution in [3.8, 4) is 0 Å². The minimum absolute atomic E-state index is 0.264. The van der Waals surface area contributed by atoms with E-state index in [4.69, 9.17) is 23.2 Å². The fraction of sp³-hybridized carbons (Fsp3) is 0.231. The molecule has 0 unspecified atom stereocenters. The van der Waals surface area contributed by atoms with Crippen LogP contribution in [0.15, 0.2) is 24.8 Å². The summed E-state index contributed by atoms with van der Waals surface area (Å²) in [5.74, 6) is -0.569. The number of nitrogens with one attached hydrogen (secondary N) is 1. The quantitative estimate of drug-likeness (QED) is 0.872. The summed E-state index contributed by atoms with van der Waals surface area (Å²) in [5, 5.41) is 3.42. The highest BCUT2D eigenvalue weighted by molar-refractivity contribution is 6.38. The zero-order chi connectivity index (χ0) is 14.2. The molecule has 0 saturated carbocycles. The molecule has 1 heterocycles. The number of halogens is 2. The predicted octanol–water partition coefficient (Wildman–Crippen LogP) is 2.70. The maximum absolute atomic E-state index is 12.3. The van der Waals surface area contributed by atoms with Crippen molar-refractivity contribution in [1.29, 1.82) is 0 Å². The average Bonchev–Trinajstić information content (AvgIpc) is 2.60. The summed E-state index contributed by atoms with van der Waals surface area (Å²) in [5.41, 5.74) is 1.08. The van der Waals surface area contributed by atoms with Gasteiger partial charge in [0.15, 0.2) is 0 Å². The van der Waals surface area contributed by atoms with E-state index in [2.05, 4.69) is 11.9 Å². The van der Waals surface area contributed by atoms with Gasteiger partial charge < -0.3 is 10.2 Å². The summed E-state index contributed by atoms with van der Waals surface area (Å²) in [7, 11) is 0. The van der Waals surface area contributed by atoms with Crippen LogP contribution in [-0.4, -0.2) is 18.4 Å². The molecule has 0 bridgehead atoms. The number of nitrogens with zero attached hydrogens (tertiary/aromatic N) is 1. The van der Waals surface area contributed by atoms with E-state index >= 15 is 0 Å². The van der Waals surface area contributed by atoms with E-state index in [9.17, 15) is 9.59 Å². The number of carbonyl (C=O) groups excluding carboxylic acids is 2. The van der Waals surface area contributed by atoms with Gasteiger partial charge in [-0.25, -0.2) is 0 Å². The third-order valence-corrected chi connectivity index (χ3v) is 3.48. The van der Waals surface area contributed by atoms with Crippen LogP contribution in [0.25, 0.3) is 0 Å². The second kappa shape index (κ2) is 5.23.